The van der Waals surface area contributed by atoms with E-state index in [0.29, 0.717) is 41.7 Å². The molecule has 2 N–H and O–H groups in total. The van der Waals surface area contributed by atoms with Crippen molar-refractivity contribution in [2.45, 2.75) is 0 Å². The second-order valence-electron chi connectivity index (χ2n) is 5.09. The number of ether oxygens (including phenoxy) is 1. The van der Waals surface area contributed by atoms with E-state index in [2.05, 4.69) is 5.32 Å². The van der Waals surface area contributed by atoms with Crippen molar-refractivity contribution in [3.05, 3.63) is 50.8 Å². The van der Waals surface area contributed by atoms with Gasteiger partial charge < -0.3 is 15.2 Å². The van der Waals surface area contributed by atoms with Crippen molar-refractivity contribution in [3.63, 3.8) is 0 Å². The van der Waals surface area contributed by atoms with Gasteiger partial charge in [-0.1, -0.05) is 53.2 Å². The van der Waals surface area contributed by atoms with Crippen LogP contribution in [0.25, 0.3) is 17.2 Å². The van der Waals surface area contributed by atoms with Gasteiger partial charge >= 0.3 is 0 Å². The number of thioether (sulfide) groups is 1. The van der Waals surface area contributed by atoms with Crippen molar-refractivity contribution < 1.29 is 14.6 Å². The van der Waals surface area contributed by atoms with Crippen LogP contribution in [0.2, 0.25) is 10.0 Å². The molecule has 0 bridgehead atoms. The van der Waals surface area contributed by atoms with Crippen LogP contribution < -0.4 is 10.1 Å². The maximum Gasteiger partial charge on any atom is 0.263 e. The van der Waals surface area contributed by atoms with E-state index >= 15 is 0 Å². The van der Waals surface area contributed by atoms with E-state index in [4.69, 9.17) is 40.2 Å². The molecule has 0 aliphatic carbocycles. The van der Waals surface area contributed by atoms with Crippen molar-refractivity contribution in [3.8, 4) is 22.6 Å². The number of thiocarbonyl (C=S) groups is 1. The highest BCUT2D eigenvalue weighted by atomic mass is 35.5. The maximum atomic E-state index is 11.9. The lowest BCUT2D eigenvalue weighted by Crippen LogP contribution is -2.17. The number of methoxy groups -OCH3 is 1. The van der Waals surface area contributed by atoms with Crippen LogP contribution in [-0.2, 0) is 4.79 Å². The van der Waals surface area contributed by atoms with Crippen LogP contribution in [0.15, 0.2) is 35.2 Å². The number of rotatable bonds is 3. The molecule has 3 rings (SSSR count). The zero-order valence-electron chi connectivity index (χ0n) is 12.8. The Morgan fingerprint density at radius 1 is 1.24 bits per heavy atom. The predicted molar refractivity (Wildman–Crippen MR) is 106 cm³/mol. The number of phenols is 1. The minimum absolute atomic E-state index is 0.0243. The first-order valence-electron chi connectivity index (χ1n) is 7.00. The molecule has 0 atom stereocenters. The van der Waals surface area contributed by atoms with E-state index in [1.54, 1.807) is 36.4 Å². The van der Waals surface area contributed by atoms with Gasteiger partial charge in [-0.25, -0.2) is 0 Å². The highest BCUT2D eigenvalue weighted by Gasteiger charge is 2.23. The summed E-state index contributed by atoms with van der Waals surface area (Å²) in [4.78, 5) is 12.3. The summed E-state index contributed by atoms with van der Waals surface area (Å²) in [7, 11) is 1.52. The summed E-state index contributed by atoms with van der Waals surface area (Å²) >= 11 is 18.3. The topological polar surface area (TPSA) is 58.6 Å². The molecule has 1 saturated heterocycles. The number of carbonyl (C=O) groups excluding carboxylic acids is 1. The van der Waals surface area contributed by atoms with Gasteiger partial charge in [0.25, 0.3) is 5.91 Å². The SMILES string of the molecule is COc1cc(/C=C2\SC(=S)NC2=O)c(O)c(-c2ccc(Cl)cc2Cl)c1. The fourth-order valence-electron chi connectivity index (χ4n) is 2.33. The summed E-state index contributed by atoms with van der Waals surface area (Å²) in [6.45, 7) is 0. The van der Waals surface area contributed by atoms with Gasteiger partial charge in [0, 0.05) is 21.7 Å². The summed E-state index contributed by atoms with van der Waals surface area (Å²) in [5.74, 6) is 0.184. The van der Waals surface area contributed by atoms with Gasteiger partial charge in [0.05, 0.1) is 17.0 Å². The van der Waals surface area contributed by atoms with Crippen molar-refractivity contribution in [1.82, 2.24) is 5.32 Å². The van der Waals surface area contributed by atoms with Crippen molar-refractivity contribution in [2.24, 2.45) is 0 Å². The second-order valence-corrected chi connectivity index (χ2v) is 7.65. The van der Waals surface area contributed by atoms with Crippen LogP contribution in [0.5, 0.6) is 11.5 Å². The Morgan fingerprint density at radius 2 is 2.00 bits per heavy atom. The molecule has 4 nitrogen and oxygen atoms in total. The fraction of sp³-hybridized carbons (Fsp3) is 0.0588. The third kappa shape index (κ3) is 3.77. The molecule has 0 spiro atoms. The number of aromatic hydroxyl groups is 1. The number of hydrogen-bond donors (Lipinski definition) is 2. The first-order valence-corrected chi connectivity index (χ1v) is 8.98. The van der Waals surface area contributed by atoms with Crippen molar-refractivity contribution in [1.29, 1.82) is 0 Å². The Hall–Kier alpha value is -1.73. The van der Waals surface area contributed by atoms with Crippen LogP contribution in [0.4, 0.5) is 0 Å². The van der Waals surface area contributed by atoms with Gasteiger partial charge in [0.15, 0.2) is 0 Å². The number of halogens is 2. The molecule has 2 aromatic carbocycles. The van der Waals surface area contributed by atoms with E-state index in [1.807, 2.05) is 0 Å². The summed E-state index contributed by atoms with van der Waals surface area (Å²) in [6, 6.07) is 8.28. The minimum atomic E-state index is -0.303. The predicted octanol–water partition coefficient (Wildman–Crippen LogP) is 4.86. The number of amides is 1. The van der Waals surface area contributed by atoms with Crippen LogP contribution >= 0.6 is 47.2 Å². The monoisotopic (exact) mass is 411 g/mol. The number of benzene rings is 2. The van der Waals surface area contributed by atoms with E-state index in [-0.39, 0.29) is 11.7 Å². The molecule has 0 radical (unpaired) electrons. The van der Waals surface area contributed by atoms with E-state index in [1.165, 1.54) is 7.11 Å². The Labute approximate surface area is 163 Å². The van der Waals surface area contributed by atoms with E-state index < -0.39 is 0 Å². The van der Waals surface area contributed by atoms with Gasteiger partial charge in [0.1, 0.15) is 15.8 Å². The van der Waals surface area contributed by atoms with E-state index in [9.17, 15) is 9.90 Å². The normalized spacial score (nSPS) is 15.6. The van der Waals surface area contributed by atoms with E-state index in [0.717, 1.165) is 11.8 Å². The summed E-state index contributed by atoms with van der Waals surface area (Å²) in [5.41, 5.74) is 1.49. The molecule has 8 heteroatoms. The lowest BCUT2D eigenvalue weighted by atomic mass is 10.00. The maximum absolute atomic E-state index is 11.9. The number of phenolic OH excluding ortho intramolecular Hbond substituents is 1. The Balaban J connectivity index is 2.16. The molecule has 128 valence electrons. The summed E-state index contributed by atoms with van der Waals surface area (Å²) in [5, 5.41) is 14.1. The lowest BCUT2D eigenvalue weighted by molar-refractivity contribution is -0.115. The summed E-state index contributed by atoms with van der Waals surface area (Å²) in [6.07, 6.45) is 1.56. The fourth-order valence-corrected chi connectivity index (χ4v) is 3.88. The number of nitrogens with one attached hydrogen (secondary N) is 1. The van der Waals surface area contributed by atoms with Gasteiger partial charge in [0.2, 0.25) is 0 Å². The average Bonchev–Trinajstić information content (AvgIpc) is 2.87. The standard InChI is InChI=1S/C17H11Cl2NO3S2/c1-23-10-4-8(5-14-16(22)20-17(24)25-14)15(21)12(7-10)11-3-2-9(18)6-13(11)19/h2-7,21H,1H3,(H,20,22,24)/b14-5-. The van der Waals surface area contributed by atoms with Crippen molar-refractivity contribution in [2.75, 3.05) is 7.11 Å². The Bertz CT molecular complexity index is 928. The Kier molecular flexibility index (Phi) is 5.24. The highest BCUT2D eigenvalue weighted by molar-refractivity contribution is 8.26. The second kappa shape index (κ2) is 7.25. The van der Waals surface area contributed by atoms with Crippen LogP contribution in [0.3, 0.4) is 0 Å². The highest BCUT2D eigenvalue weighted by Crippen LogP contribution is 2.41. The third-order valence-corrected chi connectivity index (χ3v) is 5.21. The van der Waals surface area contributed by atoms with Gasteiger partial charge in [-0.2, -0.15) is 0 Å². The molecule has 2 aromatic rings. The van der Waals surface area contributed by atoms with Crippen LogP contribution in [0, 0.1) is 0 Å². The van der Waals surface area contributed by atoms with Crippen LogP contribution in [0.1, 0.15) is 5.56 Å². The molecule has 0 aromatic heterocycles. The van der Waals surface area contributed by atoms with Gasteiger partial charge in [-0.15, -0.1) is 0 Å². The third-order valence-electron chi connectivity index (χ3n) is 3.50. The van der Waals surface area contributed by atoms with Crippen molar-refractivity contribution >= 4 is 63.5 Å². The number of carbonyl (C=O) groups is 1. The van der Waals surface area contributed by atoms with Gasteiger partial charge in [-0.05, 0) is 30.3 Å². The molecule has 1 heterocycles. The molecule has 1 fully saturated rings. The molecule has 1 aliphatic rings. The minimum Gasteiger partial charge on any atom is -0.507 e. The van der Waals surface area contributed by atoms with Crippen LogP contribution in [-0.4, -0.2) is 22.4 Å². The largest absolute Gasteiger partial charge is 0.507 e. The first kappa shape index (κ1) is 18.1. The molecule has 1 aliphatic heterocycles. The zero-order chi connectivity index (χ0) is 18.1. The molecular formula is C17H11Cl2NO3S2. The molecule has 1 amide bonds. The average molecular weight is 412 g/mol. The molecule has 0 unspecified atom stereocenters. The molecular weight excluding hydrogens is 401 g/mol. The smallest absolute Gasteiger partial charge is 0.263 e. The first-order chi connectivity index (χ1) is 11.9. The molecule has 0 saturated carbocycles. The lowest BCUT2D eigenvalue weighted by Gasteiger charge is -2.12. The molecule has 25 heavy (non-hydrogen) atoms. The number of hydrogen-bond acceptors (Lipinski definition) is 5. The Morgan fingerprint density at radius 3 is 2.60 bits per heavy atom. The van der Waals surface area contributed by atoms with Gasteiger partial charge in [-0.3, -0.25) is 4.79 Å². The zero-order valence-corrected chi connectivity index (χ0v) is 15.9. The summed E-state index contributed by atoms with van der Waals surface area (Å²) < 4.78 is 5.68. The quantitative estimate of drug-likeness (QED) is 0.557.